The molecule has 0 atom stereocenters. The number of amides is 1. The Bertz CT molecular complexity index is 652. The van der Waals surface area contributed by atoms with Gasteiger partial charge in [-0.05, 0) is 24.1 Å². The van der Waals surface area contributed by atoms with Crippen LogP contribution in [-0.2, 0) is 17.8 Å². The van der Waals surface area contributed by atoms with E-state index in [4.69, 9.17) is 4.74 Å². The van der Waals surface area contributed by atoms with Crippen molar-refractivity contribution >= 4 is 5.91 Å². The number of methoxy groups -OCH3 is 1. The molecule has 0 radical (unpaired) electrons. The van der Waals surface area contributed by atoms with Crippen LogP contribution in [0.2, 0.25) is 0 Å². The maximum atomic E-state index is 12.6. The highest BCUT2D eigenvalue weighted by atomic mass is 16.5. The molecule has 2 heterocycles. The Morgan fingerprint density at radius 1 is 1.48 bits per heavy atom. The predicted octanol–water partition coefficient (Wildman–Crippen LogP) is 0.235. The first-order valence-electron chi connectivity index (χ1n) is 7.66. The van der Waals surface area contributed by atoms with Gasteiger partial charge >= 0.3 is 0 Å². The molecule has 23 heavy (non-hydrogen) atoms. The van der Waals surface area contributed by atoms with Gasteiger partial charge in [0.15, 0.2) is 0 Å². The first-order valence-corrected chi connectivity index (χ1v) is 7.66. The number of rotatable bonds is 7. The number of carbonyl (C=O) groups is 1. The average molecular weight is 315 g/mol. The van der Waals surface area contributed by atoms with Crippen molar-refractivity contribution in [3.63, 3.8) is 0 Å². The van der Waals surface area contributed by atoms with Crippen LogP contribution in [-0.4, -0.2) is 47.4 Å². The molecule has 2 aromatic rings. The van der Waals surface area contributed by atoms with Crippen LogP contribution in [0.4, 0.5) is 0 Å². The van der Waals surface area contributed by atoms with E-state index in [2.05, 4.69) is 20.7 Å². The van der Waals surface area contributed by atoms with Gasteiger partial charge in [-0.15, -0.1) is 0 Å². The van der Waals surface area contributed by atoms with E-state index >= 15 is 0 Å². The van der Waals surface area contributed by atoms with E-state index in [1.807, 2.05) is 24.3 Å². The Kier molecular flexibility index (Phi) is 4.57. The number of carbonyl (C=O) groups excluding carboxylic acids is 1. The molecule has 7 heteroatoms. The molecule has 0 bridgehead atoms. The molecular weight excluding hydrogens is 294 g/mol. The highest BCUT2D eigenvalue weighted by Gasteiger charge is 2.44. The Morgan fingerprint density at radius 3 is 3.00 bits per heavy atom. The van der Waals surface area contributed by atoms with Crippen molar-refractivity contribution in [1.29, 1.82) is 0 Å². The second kappa shape index (κ2) is 6.78. The number of nitrogens with zero attached hydrogens (tertiary/aromatic N) is 3. The zero-order valence-corrected chi connectivity index (χ0v) is 13.2. The SMILES string of the molecule is COc1cccc(CC2(C(=O)NCCn3cncn3)CNC2)c1. The third-order valence-electron chi connectivity index (χ3n) is 4.18. The lowest BCUT2D eigenvalue weighted by molar-refractivity contribution is -0.133. The van der Waals surface area contributed by atoms with Gasteiger partial charge in [0, 0.05) is 19.6 Å². The van der Waals surface area contributed by atoms with Gasteiger partial charge in [0.25, 0.3) is 0 Å². The fraction of sp³-hybridized carbons (Fsp3) is 0.438. The molecule has 1 saturated heterocycles. The fourth-order valence-electron chi connectivity index (χ4n) is 2.79. The summed E-state index contributed by atoms with van der Waals surface area (Å²) in [4.78, 5) is 16.5. The molecule has 3 rings (SSSR count). The minimum Gasteiger partial charge on any atom is -0.497 e. The molecule has 1 amide bonds. The van der Waals surface area contributed by atoms with E-state index in [9.17, 15) is 4.79 Å². The average Bonchev–Trinajstić information content (AvgIpc) is 3.04. The predicted molar refractivity (Wildman–Crippen MR) is 85.0 cm³/mol. The third kappa shape index (κ3) is 3.50. The number of hydrogen-bond donors (Lipinski definition) is 2. The Labute approximate surface area is 135 Å². The highest BCUT2D eigenvalue weighted by molar-refractivity contribution is 5.84. The number of aromatic nitrogens is 3. The van der Waals surface area contributed by atoms with Crippen molar-refractivity contribution in [3.8, 4) is 5.75 Å². The van der Waals surface area contributed by atoms with Crippen LogP contribution >= 0.6 is 0 Å². The number of hydrogen-bond acceptors (Lipinski definition) is 5. The van der Waals surface area contributed by atoms with Gasteiger partial charge < -0.3 is 15.4 Å². The number of ether oxygens (including phenoxy) is 1. The molecule has 1 aliphatic rings. The van der Waals surface area contributed by atoms with E-state index < -0.39 is 0 Å². The topological polar surface area (TPSA) is 81.1 Å². The molecule has 1 aromatic heterocycles. The second-order valence-corrected chi connectivity index (χ2v) is 5.83. The monoisotopic (exact) mass is 315 g/mol. The molecule has 1 aromatic carbocycles. The van der Waals surface area contributed by atoms with E-state index in [0.717, 1.165) is 11.3 Å². The minimum absolute atomic E-state index is 0.0826. The summed E-state index contributed by atoms with van der Waals surface area (Å²) >= 11 is 0. The van der Waals surface area contributed by atoms with Crippen LogP contribution in [0.15, 0.2) is 36.9 Å². The van der Waals surface area contributed by atoms with Gasteiger partial charge in [-0.25, -0.2) is 4.98 Å². The van der Waals surface area contributed by atoms with Crippen LogP contribution in [0, 0.1) is 5.41 Å². The molecule has 0 aliphatic carbocycles. The van der Waals surface area contributed by atoms with Gasteiger partial charge in [-0.3, -0.25) is 9.48 Å². The summed E-state index contributed by atoms with van der Waals surface area (Å²) in [7, 11) is 1.65. The quantitative estimate of drug-likeness (QED) is 0.765. The zero-order valence-electron chi connectivity index (χ0n) is 13.2. The van der Waals surface area contributed by atoms with Crippen LogP contribution in [0.5, 0.6) is 5.75 Å². The van der Waals surface area contributed by atoms with Gasteiger partial charge in [0.1, 0.15) is 18.4 Å². The van der Waals surface area contributed by atoms with Gasteiger partial charge in [0.2, 0.25) is 5.91 Å². The summed E-state index contributed by atoms with van der Waals surface area (Å²) in [6.45, 7) is 2.55. The molecule has 1 aliphatic heterocycles. The summed E-state index contributed by atoms with van der Waals surface area (Å²) in [6.07, 6.45) is 3.83. The second-order valence-electron chi connectivity index (χ2n) is 5.83. The normalized spacial score (nSPS) is 15.7. The lowest BCUT2D eigenvalue weighted by Gasteiger charge is -2.41. The zero-order chi connectivity index (χ0) is 16.1. The molecule has 0 spiro atoms. The van der Waals surface area contributed by atoms with Crippen molar-refractivity contribution in [2.24, 2.45) is 5.41 Å². The van der Waals surface area contributed by atoms with E-state index in [-0.39, 0.29) is 11.3 Å². The molecule has 122 valence electrons. The standard InChI is InChI=1S/C16H21N5O2/c1-23-14-4-2-3-13(7-14)8-16(9-17-10-16)15(22)19-5-6-21-12-18-11-20-21/h2-4,7,11-12,17H,5-6,8-10H2,1H3,(H,19,22). The van der Waals surface area contributed by atoms with Crippen LogP contribution < -0.4 is 15.4 Å². The Balaban J connectivity index is 1.59. The van der Waals surface area contributed by atoms with Gasteiger partial charge in [-0.1, -0.05) is 12.1 Å². The van der Waals surface area contributed by atoms with Gasteiger partial charge in [-0.2, -0.15) is 5.10 Å². The van der Waals surface area contributed by atoms with Crippen molar-refractivity contribution < 1.29 is 9.53 Å². The molecular formula is C16H21N5O2. The van der Waals surface area contributed by atoms with Gasteiger partial charge in [0.05, 0.1) is 19.1 Å². The lowest BCUT2D eigenvalue weighted by atomic mass is 9.75. The summed E-state index contributed by atoms with van der Waals surface area (Å²) in [5, 5.41) is 10.3. The van der Waals surface area contributed by atoms with E-state index in [1.165, 1.54) is 6.33 Å². The summed E-state index contributed by atoms with van der Waals surface area (Å²) in [5.41, 5.74) is 0.728. The Hall–Kier alpha value is -2.41. The van der Waals surface area contributed by atoms with Crippen molar-refractivity contribution in [1.82, 2.24) is 25.4 Å². The number of nitrogens with one attached hydrogen (secondary N) is 2. The van der Waals surface area contributed by atoms with Crippen molar-refractivity contribution in [2.75, 3.05) is 26.7 Å². The molecule has 1 fully saturated rings. The van der Waals surface area contributed by atoms with Crippen molar-refractivity contribution in [3.05, 3.63) is 42.5 Å². The minimum atomic E-state index is -0.380. The summed E-state index contributed by atoms with van der Waals surface area (Å²) in [5.74, 6) is 0.899. The van der Waals surface area contributed by atoms with Crippen LogP contribution in [0.25, 0.3) is 0 Å². The summed E-state index contributed by atoms with van der Waals surface area (Å²) < 4.78 is 6.96. The molecule has 7 nitrogen and oxygen atoms in total. The third-order valence-corrected chi connectivity index (χ3v) is 4.18. The summed E-state index contributed by atoms with van der Waals surface area (Å²) in [6, 6.07) is 7.89. The first kappa shape index (κ1) is 15.5. The van der Waals surface area contributed by atoms with Crippen molar-refractivity contribution in [2.45, 2.75) is 13.0 Å². The Morgan fingerprint density at radius 2 is 2.35 bits per heavy atom. The largest absolute Gasteiger partial charge is 0.497 e. The molecule has 0 saturated carbocycles. The first-order chi connectivity index (χ1) is 11.2. The van der Waals surface area contributed by atoms with Crippen LogP contribution in [0.1, 0.15) is 5.56 Å². The number of benzene rings is 1. The van der Waals surface area contributed by atoms with E-state index in [0.29, 0.717) is 32.6 Å². The maximum absolute atomic E-state index is 12.6. The van der Waals surface area contributed by atoms with Crippen LogP contribution in [0.3, 0.4) is 0 Å². The fourth-order valence-corrected chi connectivity index (χ4v) is 2.79. The molecule has 2 N–H and O–H groups in total. The molecule has 0 unspecified atom stereocenters. The highest BCUT2D eigenvalue weighted by Crippen LogP contribution is 2.29. The smallest absolute Gasteiger partial charge is 0.229 e. The van der Waals surface area contributed by atoms with E-state index in [1.54, 1.807) is 18.1 Å². The maximum Gasteiger partial charge on any atom is 0.229 e. The lowest BCUT2D eigenvalue weighted by Crippen LogP contribution is -2.62.